The number of esters is 1. The Morgan fingerprint density at radius 3 is 2.31 bits per heavy atom. The molecule has 2 N–H and O–H groups in total. The number of methoxy groups -OCH3 is 1. The molecule has 5 rings (SSSR count). The fourth-order valence-electron chi connectivity index (χ4n) is 4.48. The summed E-state index contributed by atoms with van der Waals surface area (Å²) in [4.78, 5) is 28.4. The van der Waals surface area contributed by atoms with Gasteiger partial charge in [-0.3, -0.25) is 4.98 Å². The average Bonchev–Trinajstić information content (AvgIpc) is 3.29. The van der Waals surface area contributed by atoms with Gasteiger partial charge in [0, 0.05) is 23.4 Å². The number of hydrogen-bond acceptors (Lipinski definition) is 7. The lowest BCUT2D eigenvalue weighted by atomic mass is 9.60. The van der Waals surface area contributed by atoms with Crippen molar-refractivity contribution in [2.45, 2.75) is 31.1 Å². The van der Waals surface area contributed by atoms with Crippen LogP contribution in [0.5, 0.6) is 0 Å². The first-order valence-electron chi connectivity index (χ1n) is 10.6. The largest absolute Gasteiger partial charge is 0.464 e. The van der Waals surface area contributed by atoms with Gasteiger partial charge in [0.2, 0.25) is 5.95 Å². The van der Waals surface area contributed by atoms with E-state index >= 15 is 0 Å². The molecule has 0 atom stereocenters. The molecule has 2 aliphatic rings. The van der Waals surface area contributed by atoms with Crippen molar-refractivity contribution in [2.24, 2.45) is 0 Å². The summed E-state index contributed by atoms with van der Waals surface area (Å²) in [6, 6.07) is 8.67. The molecule has 0 bridgehead atoms. The Hall–Kier alpha value is -3.87. The molecule has 0 saturated heterocycles. The molecule has 0 amide bonds. The first-order valence-corrected chi connectivity index (χ1v) is 10.6. The zero-order valence-electron chi connectivity index (χ0n) is 17.8. The second-order valence-corrected chi connectivity index (χ2v) is 8.15. The number of allylic oxidation sites excluding steroid dienone is 4. The molecule has 32 heavy (non-hydrogen) atoms. The Morgan fingerprint density at radius 1 is 0.969 bits per heavy atom. The van der Waals surface area contributed by atoms with E-state index in [2.05, 4.69) is 56.4 Å². The molecule has 2 aromatic heterocycles. The first-order chi connectivity index (χ1) is 15.6. The number of benzene rings is 1. The van der Waals surface area contributed by atoms with Gasteiger partial charge in [0.15, 0.2) is 5.69 Å². The highest BCUT2D eigenvalue weighted by atomic mass is 16.5. The van der Waals surface area contributed by atoms with Crippen molar-refractivity contribution in [3.05, 3.63) is 83.7 Å². The maximum atomic E-state index is 11.6. The third kappa shape index (κ3) is 3.45. The molecule has 160 valence electrons. The molecule has 0 aliphatic heterocycles. The van der Waals surface area contributed by atoms with Gasteiger partial charge < -0.3 is 10.5 Å². The average molecular weight is 425 g/mol. The molecule has 2 heterocycles. The summed E-state index contributed by atoms with van der Waals surface area (Å²) in [5.74, 6) is -0.204. The number of nitrogen functional groups attached to an aromatic ring is 1. The molecular weight excluding hydrogens is 402 g/mol. The minimum absolute atomic E-state index is 0.0390. The van der Waals surface area contributed by atoms with Crippen molar-refractivity contribution < 1.29 is 9.53 Å². The topological polar surface area (TPSA) is 104 Å². The summed E-state index contributed by atoms with van der Waals surface area (Å²) in [7, 11) is 1.34. The van der Waals surface area contributed by atoms with E-state index < -0.39 is 5.97 Å². The number of ether oxygens (including phenoxy) is 1. The van der Waals surface area contributed by atoms with Crippen LogP contribution in [-0.4, -0.2) is 33.0 Å². The van der Waals surface area contributed by atoms with Crippen LogP contribution >= 0.6 is 0 Å². The highest BCUT2D eigenvalue weighted by molar-refractivity contribution is 5.87. The first kappa shape index (κ1) is 20.1. The number of nitrogens with two attached hydrogens (primary N) is 1. The van der Waals surface area contributed by atoms with E-state index in [1.54, 1.807) is 18.6 Å². The van der Waals surface area contributed by atoms with Gasteiger partial charge in [0.25, 0.3) is 0 Å². The summed E-state index contributed by atoms with van der Waals surface area (Å²) < 4.78 is 4.70. The third-order valence-electron chi connectivity index (χ3n) is 6.45. The lowest BCUT2D eigenvalue weighted by molar-refractivity contribution is 0.0593. The van der Waals surface area contributed by atoms with Gasteiger partial charge in [-0.05, 0) is 41.5 Å². The van der Waals surface area contributed by atoms with Crippen LogP contribution in [0.2, 0.25) is 0 Å². The van der Waals surface area contributed by atoms with E-state index in [0.29, 0.717) is 0 Å². The molecule has 1 aromatic carbocycles. The predicted octanol–water partition coefficient (Wildman–Crippen LogP) is 4.14. The summed E-state index contributed by atoms with van der Waals surface area (Å²) >= 11 is 0. The smallest absolute Gasteiger partial charge is 0.358 e. The van der Waals surface area contributed by atoms with Gasteiger partial charge in [-0.1, -0.05) is 42.8 Å². The fraction of sp³-hybridized carbons (Fsp3) is 0.240. The molecule has 7 nitrogen and oxygen atoms in total. The summed E-state index contributed by atoms with van der Waals surface area (Å²) in [6.45, 7) is 0. The van der Waals surface area contributed by atoms with Crippen LogP contribution in [0.25, 0.3) is 16.7 Å². The third-order valence-corrected chi connectivity index (χ3v) is 6.45. The van der Waals surface area contributed by atoms with Crippen molar-refractivity contribution in [1.29, 1.82) is 0 Å². The van der Waals surface area contributed by atoms with Gasteiger partial charge >= 0.3 is 5.97 Å². The number of aromatic nitrogens is 4. The Kier molecular flexibility index (Phi) is 5.01. The van der Waals surface area contributed by atoms with Crippen LogP contribution in [0.3, 0.4) is 0 Å². The van der Waals surface area contributed by atoms with Crippen molar-refractivity contribution >= 4 is 17.5 Å². The Bertz CT molecular complexity index is 1210. The van der Waals surface area contributed by atoms with E-state index in [1.807, 2.05) is 0 Å². The number of carbonyl (C=O) groups is 1. The van der Waals surface area contributed by atoms with Crippen molar-refractivity contribution in [3.8, 4) is 11.1 Å². The maximum Gasteiger partial charge on any atom is 0.358 e. The van der Waals surface area contributed by atoms with Gasteiger partial charge in [-0.15, -0.1) is 0 Å². The minimum Gasteiger partial charge on any atom is -0.464 e. The Morgan fingerprint density at radius 2 is 1.72 bits per heavy atom. The monoisotopic (exact) mass is 425 g/mol. The van der Waals surface area contributed by atoms with Gasteiger partial charge in [0.1, 0.15) is 0 Å². The summed E-state index contributed by atoms with van der Waals surface area (Å²) in [5, 5.41) is 0. The van der Waals surface area contributed by atoms with Crippen molar-refractivity contribution in [2.75, 3.05) is 12.8 Å². The lowest BCUT2D eigenvalue weighted by Crippen LogP contribution is -2.35. The Labute approximate surface area is 186 Å². The molecular formula is C25H23N5O2. The molecule has 0 radical (unpaired) electrons. The predicted molar refractivity (Wildman–Crippen MR) is 121 cm³/mol. The zero-order valence-corrected chi connectivity index (χ0v) is 17.8. The van der Waals surface area contributed by atoms with E-state index in [9.17, 15) is 4.79 Å². The van der Waals surface area contributed by atoms with Crippen LogP contribution in [0, 0.1) is 0 Å². The SMILES string of the molecule is COC(=O)c1cnc(C2=CC(C3(c4ccc(-c5cnc(N)nc5)cc4)CCC3)=CC2)cn1. The second-order valence-electron chi connectivity index (χ2n) is 8.15. The summed E-state index contributed by atoms with van der Waals surface area (Å²) in [5.41, 5.74) is 12.4. The number of nitrogens with zero attached hydrogens (tertiary/aromatic N) is 4. The number of carbonyl (C=O) groups excluding carboxylic acids is 1. The van der Waals surface area contributed by atoms with E-state index in [4.69, 9.17) is 10.5 Å². The van der Waals surface area contributed by atoms with E-state index in [-0.39, 0.29) is 17.1 Å². The molecule has 7 heteroatoms. The number of anilines is 1. The highest BCUT2D eigenvalue weighted by Crippen LogP contribution is 2.52. The van der Waals surface area contributed by atoms with Gasteiger partial charge in [-0.2, -0.15) is 0 Å². The lowest BCUT2D eigenvalue weighted by Gasteiger charge is -2.43. The fourth-order valence-corrected chi connectivity index (χ4v) is 4.48. The van der Waals surface area contributed by atoms with Crippen LogP contribution < -0.4 is 5.73 Å². The second kappa shape index (κ2) is 8.00. The van der Waals surface area contributed by atoms with Gasteiger partial charge in [0.05, 0.1) is 25.2 Å². The highest BCUT2D eigenvalue weighted by Gasteiger charge is 2.42. The van der Waals surface area contributed by atoms with E-state index in [1.165, 1.54) is 30.9 Å². The number of hydrogen-bond donors (Lipinski definition) is 1. The number of rotatable bonds is 5. The molecule has 1 fully saturated rings. The molecule has 0 unspecified atom stereocenters. The van der Waals surface area contributed by atoms with Crippen LogP contribution in [0.4, 0.5) is 5.95 Å². The standard InChI is InChI=1S/C25H23N5O2/c1-32-23(31)22-15-27-21(14-28-22)17-5-8-20(11-17)25(9-2-10-25)19-6-3-16(4-7-19)18-12-29-24(26)30-13-18/h3-4,6-8,11-15H,2,5,9-10H2,1H3,(H2,26,29,30). The quantitative estimate of drug-likeness (QED) is 0.613. The van der Waals surface area contributed by atoms with Crippen LogP contribution in [0.1, 0.15) is 47.4 Å². The maximum absolute atomic E-state index is 11.6. The summed E-state index contributed by atoms with van der Waals surface area (Å²) in [6.07, 6.45) is 15.4. The zero-order chi connectivity index (χ0) is 22.1. The van der Waals surface area contributed by atoms with Crippen molar-refractivity contribution in [1.82, 2.24) is 19.9 Å². The molecule has 1 saturated carbocycles. The van der Waals surface area contributed by atoms with Crippen LogP contribution in [-0.2, 0) is 10.2 Å². The van der Waals surface area contributed by atoms with Gasteiger partial charge in [-0.25, -0.2) is 19.7 Å². The minimum atomic E-state index is -0.481. The van der Waals surface area contributed by atoms with E-state index in [0.717, 1.165) is 41.7 Å². The molecule has 0 spiro atoms. The van der Waals surface area contributed by atoms with Crippen LogP contribution in [0.15, 0.2) is 66.8 Å². The normalized spacial score (nSPS) is 16.7. The Balaban J connectivity index is 1.39. The molecule has 2 aliphatic carbocycles. The van der Waals surface area contributed by atoms with Crippen molar-refractivity contribution in [3.63, 3.8) is 0 Å². The molecule has 3 aromatic rings.